The summed E-state index contributed by atoms with van der Waals surface area (Å²) in [6.07, 6.45) is 0.573. The van der Waals surface area contributed by atoms with E-state index < -0.39 is 12.0 Å². The summed E-state index contributed by atoms with van der Waals surface area (Å²) in [5, 5.41) is 8.09. The maximum Gasteiger partial charge on any atom is 0.511 e. The molecule has 0 bridgehead atoms. The van der Waals surface area contributed by atoms with Crippen molar-refractivity contribution in [3.05, 3.63) is 24.3 Å². The fourth-order valence-corrected chi connectivity index (χ4v) is 0.549. The predicted molar refractivity (Wildman–Crippen MR) is 32.8 cm³/mol. The van der Waals surface area contributed by atoms with Gasteiger partial charge in [-0.15, -0.1) is 0 Å². The Morgan fingerprint density at radius 2 is 2.36 bits per heavy atom. The number of pyridine rings is 1. The van der Waals surface area contributed by atoms with Crippen molar-refractivity contribution >= 4 is 6.16 Å². The molecule has 5 heteroatoms. The highest BCUT2D eigenvalue weighted by Gasteiger charge is 2.01. The lowest BCUT2D eigenvalue weighted by molar-refractivity contribution is 0.144. The van der Waals surface area contributed by atoms with E-state index in [1.807, 2.05) is 0 Å². The Morgan fingerprint density at radius 1 is 1.64 bits per heavy atom. The van der Waals surface area contributed by atoms with E-state index in [0.717, 1.165) is 18.5 Å². The third-order valence-corrected chi connectivity index (χ3v) is 0.885. The molecule has 58 valence electrons. The second-order valence-corrected chi connectivity index (χ2v) is 1.71. The standard InChI is InChI=1S/C6H4FNO3/c7-4-1-5(3-8-2-4)11-6(9)10/h1-3H,(H,9,10). The molecule has 1 aromatic heterocycles. The van der Waals surface area contributed by atoms with E-state index in [1.165, 1.54) is 0 Å². The molecule has 0 saturated heterocycles. The topological polar surface area (TPSA) is 59.4 Å². The molecule has 11 heavy (non-hydrogen) atoms. The van der Waals surface area contributed by atoms with Crippen LogP contribution in [0.1, 0.15) is 0 Å². The normalized spacial score (nSPS) is 9.18. The molecule has 0 fully saturated rings. The van der Waals surface area contributed by atoms with Crippen LogP contribution < -0.4 is 4.74 Å². The first-order valence-corrected chi connectivity index (χ1v) is 2.70. The number of nitrogens with zero attached hydrogens (tertiary/aromatic N) is 1. The summed E-state index contributed by atoms with van der Waals surface area (Å²) < 4.78 is 16.4. The molecule has 0 radical (unpaired) electrons. The van der Waals surface area contributed by atoms with Gasteiger partial charge in [-0.25, -0.2) is 9.18 Å². The van der Waals surface area contributed by atoms with Crippen molar-refractivity contribution in [3.8, 4) is 5.75 Å². The fourth-order valence-electron chi connectivity index (χ4n) is 0.549. The van der Waals surface area contributed by atoms with Crippen LogP contribution in [-0.4, -0.2) is 16.2 Å². The van der Waals surface area contributed by atoms with Gasteiger partial charge in [0, 0.05) is 6.07 Å². The molecular formula is C6H4FNO3. The average molecular weight is 157 g/mol. The second-order valence-electron chi connectivity index (χ2n) is 1.71. The quantitative estimate of drug-likeness (QED) is 0.623. The van der Waals surface area contributed by atoms with E-state index in [9.17, 15) is 9.18 Å². The van der Waals surface area contributed by atoms with Gasteiger partial charge in [-0.2, -0.15) is 0 Å². The van der Waals surface area contributed by atoms with Gasteiger partial charge in [-0.3, -0.25) is 4.98 Å². The van der Waals surface area contributed by atoms with Crippen molar-refractivity contribution < 1.29 is 19.0 Å². The Labute approximate surface area is 61.3 Å². The second kappa shape index (κ2) is 2.96. The number of carboxylic acid groups (broad SMARTS) is 1. The molecular weight excluding hydrogens is 153 g/mol. The molecule has 0 aliphatic carbocycles. The van der Waals surface area contributed by atoms with E-state index in [2.05, 4.69) is 9.72 Å². The molecule has 4 nitrogen and oxygen atoms in total. The van der Waals surface area contributed by atoms with Crippen molar-refractivity contribution in [2.45, 2.75) is 0 Å². The zero-order valence-corrected chi connectivity index (χ0v) is 5.32. The minimum Gasteiger partial charge on any atom is -0.449 e. The molecule has 0 saturated carbocycles. The van der Waals surface area contributed by atoms with Gasteiger partial charge < -0.3 is 9.84 Å². The number of hydrogen-bond acceptors (Lipinski definition) is 3. The van der Waals surface area contributed by atoms with E-state index in [1.54, 1.807) is 0 Å². The molecule has 0 amide bonds. The summed E-state index contributed by atoms with van der Waals surface area (Å²) in [4.78, 5) is 13.3. The summed E-state index contributed by atoms with van der Waals surface area (Å²) in [6, 6.07) is 0.932. The highest BCUT2D eigenvalue weighted by molar-refractivity contribution is 5.60. The Bertz CT molecular complexity index is 276. The maximum atomic E-state index is 12.3. The Hall–Kier alpha value is -1.65. The summed E-state index contributed by atoms with van der Waals surface area (Å²) in [5.41, 5.74) is 0. The number of halogens is 1. The summed E-state index contributed by atoms with van der Waals surface area (Å²) in [6.45, 7) is 0. The van der Waals surface area contributed by atoms with Gasteiger partial charge in [0.2, 0.25) is 0 Å². The van der Waals surface area contributed by atoms with Crippen molar-refractivity contribution in [3.63, 3.8) is 0 Å². The molecule has 1 aromatic rings. The first kappa shape index (κ1) is 7.46. The smallest absolute Gasteiger partial charge is 0.449 e. The largest absolute Gasteiger partial charge is 0.511 e. The van der Waals surface area contributed by atoms with Crippen LogP contribution in [0.3, 0.4) is 0 Å². The number of aromatic nitrogens is 1. The van der Waals surface area contributed by atoms with Gasteiger partial charge in [0.05, 0.1) is 12.4 Å². The highest BCUT2D eigenvalue weighted by Crippen LogP contribution is 2.09. The van der Waals surface area contributed by atoms with Crippen LogP contribution in [0.25, 0.3) is 0 Å². The van der Waals surface area contributed by atoms with Crippen LogP contribution in [0.4, 0.5) is 9.18 Å². The zero-order valence-electron chi connectivity index (χ0n) is 5.32. The van der Waals surface area contributed by atoms with Crippen LogP contribution in [0.5, 0.6) is 5.75 Å². The summed E-state index contributed by atoms with van der Waals surface area (Å²) >= 11 is 0. The number of rotatable bonds is 1. The lowest BCUT2D eigenvalue weighted by Gasteiger charge is -1.96. The Kier molecular flexibility index (Phi) is 2.00. The number of hydrogen-bond donors (Lipinski definition) is 1. The fraction of sp³-hybridized carbons (Fsp3) is 0. The Balaban J connectivity index is 2.79. The summed E-state index contributed by atoms with van der Waals surface area (Å²) in [7, 11) is 0. The van der Waals surface area contributed by atoms with E-state index in [0.29, 0.717) is 0 Å². The Morgan fingerprint density at radius 3 is 2.91 bits per heavy atom. The van der Waals surface area contributed by atoms with Gasteiger partial charge in [-0.1, -0.05) is 0 Å². The molecule has 0 aromatic carbocycles. The molecule has 0 spiro atoms. The van der Waals surface area contributed by atoms with Crippen LogP contribution >= 0.6 is 0 Å². The van der Waals surface area contributed by atoms with Crippen molar-refractivity contribution in [1.29, 1.82) is 0 Å². The minimum atomic E-state index is -1.49. The van der Waals surface area contributed by atoms with E-state index in [4.69, 9.17) is 5.11 Å². The average Bonchev–Trinajstić information content (AvgIpc) is 1.85. The third kappa shape index (κ3) is 2.21. The molecule has 0 unspecified atom stereocenters. The highest BCUT2D eigenvalue weighted by atomic mass is 19.1. The summed E-state index contributed by atoms with van der Waals surface area (Å²) in [5.74, 6) is -0.763. The van der Waals surface area contributed by atoms with Crippen molar-refractivity contribution in [1.82, 2.24) is 4.98 Å². The molecule has 1 N–H and O–H groups in total. The third-order valence-electron chi connectivity index (χ3n) is 0.885. The minimum absolute atomic E-state index is 0.127. The van der Waals surface area contributed by atoms with Gasteiger partial charge in [0.25, 0.3) is 0 Å². The molecule has 0 aliphatic rings. The lowest BCUT2D eigenvalue weighted by Crippen LogP contribution is -2.03. The molecule has 1 rings (SSSR count). The first-order chi connectivity index (χ1) is 5.18. The molecule has 0 atom stereocenters. The van der Waals surface area contributed by atoms with Crippen LogP contribution in [0.15, 0.2) is 18.5 Å². The van der Waals surface area contributed by atoms with Crippen molar-refractivity contribution in [2.24, 2.45) is 0 Å². The van der Waals surface area contributed by atoms with E-state index in [-0.39, 0.29) is 5.75 Å². The van der Waals surface area contributed by atoms with Gasteiger partial charge in [0.1, 0.15) is 5.82 Å². The van der Waals surface area contributed by atoms with Gasteiger partial charge in [0.15, 0.2) is 5.75 Å². The van der Waals surface area contributed by atoms with Crippen LogP contribution in [0.2, 0.25) is 0 Å². The van der Waals surface area contributed by atoms with Gasteiger partial charge in [-0.05, 0) is 0 Å². The zero-order chi connectivity index (χ0) is 8.27. The van der Waals surface area contributed by atoms with Gasteiger partial charge >= 0.3 is 6.16 Å². The van der Waals surface area contributed by atoms with E-state index >= 15 is 0 Å². The number of carbonyl (C=O) groups is 1. The SMILES string of the molecule is O=C(O)Oc1cncc(F)c1. The first-order valence-electron chi connectivity index (χ1n) is 2.70. The van der Waals surface area contributed by atoms with Crippen LogP contribution in [0, 0.1) is 5.82 Å². The predicted octanol–water partition coefficient (Wildman–Crippen LogP) is 1.28. The number of ether oxygens (including phenoxy) is 1. The molecule has 1 heterocycles. The van der Waals surface area contributed by atoms with Crippen LogP contribution in [-0.2, 0) is 0 Å². The lowest BCUT2D eigenvalue weighted by atomic mass is 10.4. The van der Waals surface area contributed by atoms with Crippen molar-refractivity contribution in [2.75, 3.05) is 0 Å². The monoisotopic (exact) mass is 157 g/mol. The maximum absolute atomic E-state index is 12.3. The molecule has 0 aliphatic heterocycles.